The first kappa shape index (κ1) is 20.1. The van der Waals surface area contributed by atoms with E-state index in [1.54, 1.807) is 0 Å². The SMILES string of the molecule is C[C@]12CCC(OC(=O)CCCN)CC1C(=O)C[C@@H]1[C@H]2CC[C@]2(C)C(=O)CC[C@@H]12. The van der Waals surface area contributed by atoms with E-state index < -0.39 is 0 Å². The molecule has 2 N–H and O–H groups in total. The van der Waals surface area contributed by atoms with Crippen molar-refractivity contribution in [2.75, 3.05) is 6.54 Å². The van der Waals surface area contributed by atoms with Gasteiger partial charge >= 0.3 is 5.97 Å². The molecular formula is C23H35NO4. The van der Waals surface area contributed by atoms with Gasteiger partial charge in [-0.25, -0.2) is 0 Å². The van der Waals surface area contributed by atoms with Gasteiger partial charge in [-0.15, -0.1) is 0 Å². The number of ketones is 2. The molecule has 0 radical (unpaired) electrons. The minimum absolute atomic E-state index is 0.00345. The summed E-state index contributed by atoms with van der Waals surface area (Å²) in [5.41, 5.74) is 5.28. The fourth-order valence-electron chi connectivity index (χ4n) is 7.37. The molecule has 0 amide bonds. The van der Waals surface area contributed by atoms with Gasteiger partial charge in [-0.3, -0.25) is 14.4 Å². The fourth-order valence-corrected chi connectivity index (χ4v) is 7.37. The van der Waals surface area contributed by atoms with E-state index in [1.807, 2.05) is 0 Å². The number of fused-ring (bicyclic) bond motifs is 5. The zero-order valence-corrected chi connectivity index (χ0v) is 17.4. The molecular weight excluding hydrogens is 354 g/mol. The van der Waals surface area contributed by atoms with Crippen LogP contribution in [0.15, 0.2) is 0 Å². The van der Waals surface area contributed by atoms with Crippen molar-refractivity contribution in [1.82, 2.24) is 0 Å². The summed E-state index contributed by atoms with van der Waals surface area (Å²) in [7, 11) is 0. The van der Waals surface area contributed by atoms with Crippen molar-refractivity contribution in [3.05, 3.63) is 0 Å². The lowest BCUT2D eigenvalue weighted by molar-refractivity contribution is -0.170. The topological polar surface area (TPSA) is 86.5 Å². The van der Waals surface area contributed by atoms with Crippen molar-refractivity contribution in [2.24, 2.45) is 40.2 Å². The Morgan fingerprint density at radius 3 is 2.68 bits per heavy atom. The monoisotopic (exact) mass is 389 g/mol. The molecule has 0 aromatic carbocycles. The number of esters is 1. The number of hydrogen-bond donors (Lipinski definition) is 1. The first-order chi connectivity index (χ1) is 13.3. The second kappa shape index (κ2) is 7.23. The van der Waals surface area contributed by atoms with E-state index in [2.05, 4.69) is 13.8 Å². The fraction of sp³-hybridized carbons (Fsp3) is 0.870. The van der Waals surface area contributed by atoms with Gasteiger partial charge in [0.15, 0.2) is 0 Å². The Labute approximate surface area is 168 Å². The van der Waals surface area contributed by atoms with Crippen molar-refractivity contribution < 1.29 is 19.1 Å². The Kier molecular flexibility index (Phi) is 5.18. The van der Waals surface area contributed by atoms with Gasteiger partial charge in [0.25, 0.3) is 0 Å². The standard InChI is InChI=1S/C23H35NO4/c1-22-9-7-14(28-21(27)4-3-11-24)12-18(22)19(25)13-15-16-5-6-20(26)23(16,2)10-8-17(15)22/h14-18H,3-13,24H2,1-2H3/t14?,15-,16-,17+,18?,22+,23-/m0/s1. The molecule has 5 heteroatoms. The summed E-state index contributed by atoms with van der Waals surface area (Å²) in [6.45, 7) is 4.95. The van der Waals surface area contributed by atoms with E-state index in [1.165, 1.54) is 0 Å². The van der Waals surface area contributed by atoms with E-state index >= 15 is 0 Å². The Morgan fingerprint density at radius 1 is 1.14 bits per heavy atom. The van der Waals surface area contributed by atoms with Crippen molar-refractivity contribution in [1.29, 1.82) is 0 Å². The molecule has 0 aliphatic heterocycles. The van der Waals surface area contributed by atoms with Gasteiger partial charge in [0.2, 0.25) is 0 Å². The maximum absolute atomic E-state index is 13.2. The summed E-state index contributed by atoms with van der Waals surface area (Å²) in [6, 6.07) is 0. The summed E-state index contributed by atoms with van der Waals surface area (Å²) in [5, 5.41) is 0. The highest BCUT2D eigenvalue weighted by atomic mass is 16.5. The van der Waals surface area contributed by atoms with Crippen LogP contribution in [0.5, 0.6) is 0 Å². The lowest BCUT2D eigenvalue weighted by Gasteiger charge is -2.59. The maximum Gasteiger partial charge on any atom is 0.306 e. The predicted octanol–water partition coefficient (Wildman–Crippen LogP) is 3.43. The zero-order valence-electron chi connectivity index (χ0n) is 17.4. The number of Topliss-reactive ketones (excluding diaryl/α,β-unsaturated/α-hetero) is 2. The zero-order chi connectivity index (χ0) is 20.1. The van der Waals surface area contributed by atoms with Gasteiger partial charge in [-0.05, 0) is 74.7 Å². The third-order valence-corrected chi connectivity index (χ3v) is 9.00. The molecule has 0 bridgehead atoms. The first-order valence-electron chi connectivity index (χ1n) is 11.2. The molecule has 0 saturated heterocycles. The quantitative estimate of drug-likeness (QED) is 0.745. The molecule has 4 rings (SSSR count). The number of carbonyl (C=O) groups excluding carboxylic acids is 3. The number of ether oxygens (including phenoxy) is 1. The van der Waals surface area contributed by atoms with Crippen LogP contribution in [-0.2, 0) is 19.1 Å². The number of hydrogen-bond acceptors (Lipinski definition) is 5. The second-order valence-electron chi connectivity index (χ2n) is 10.3. The van der Waals surface area contributed by atoms with Gasteiger partial charge in [-0.1, -0.05) is 13.8 Å². The molecule has 4 saturated carbocycles. The molecule has 0 spiro atoms. The van der Waals surface area contributed by atoms with E-state index in [9.17, 15) is 14.4 Å². The van der Waals surface area contributed by atoms with Crippen LogP contribution < -0.4 is 5.73 Å². The highest BCUT2D eigenvalue weighted by Crippen LogP contribution is 2.64. The summed E-state index contributed by atoms with van der Waals surface area (Å²) >= 11 is 0. The molecule has 5 nitrogen and oxygen atoms in total. The molecule has 4 aliphatic rings. The molecule has 4 aliphatic carbocycles. The predicted molar refractivity (Wildman–Crippen MR) is 105 cm³/mol. The van der Waals surface area contributed by atoms with Crippen LogP contribution in [0.4, 0.5) is 0 Å². The van der Waals surface area contributed by atoms with Gasteiger partial charge in [0, 0.05) is 30.6 Å². The molecule has 156 valence electrons. The van der Waals surface area contributed by atoms with Crippen LogP contribution >= 0.6 is 0 Å². The van der Waals surface area contributed by atoms with E-state index in [4.69, 9.17) is 10.5 Å². The van der Waals surface area contributed by atoms with Gasteiger partial charge in [0.05, 0.1) is 0 Å². The summed E-state index contributed by atoms with van der Waals surface area (Å²) in [6.07, 6.45) is 7.65. The molecule has 7 atom stereocenters. The molecule has 0 aromatic heterocycles. The normalized spacial score (nSPS) is 45.2. The Bertz CT molecular complexity index is 676. The van der Waals surface area contributed by atoms with Crippen LogP contribution in [0.2, 0.25) is 0 Å². The van der Waals surface area contributed by atoms with Crippen molar-refractivity contribution in [3.63, 3.8) is 0 Å². The van der Waals surface area contributed by atoms with Crippen LogP contribution in [-0.4, -0.2) is 30.2 Å². The molecule has 28 heavy (non-hydrogen) atoms. The van der Waals surface area contributed by atoms with E-state index in [0.717, 1.165) is 32.1 Å². The van der Waals surface area contributed by atoms with Crippen LogP contribution in [0, 0.1) is 34.5 Å². The van der Waals surface area contributed by atoms with Crippen LogP contribution in [0.1, 0.15) is 78.1 Å². The second-order valence-corrected chi connectivity index (χ2v) is 10.3. The third kappa shape index (κ3) is 3.05. The Hall–Kier alpha value is -1.23. The lowest BCUT2D eigenvalue weighted by Crippen LogP contribution is -2.57. The minimum atomic E-state index is -0.194. The largest absolute Gasteiger partial charge is 0.462 e. The summed E-state index contributed by atoms with van der Waals surface area (Å²) < 4.78 is 5.68. The van der Waals surface area contributed by atoms with Crippen molar-refractivity contribution in [2.45, 2.75) is 84.2 Å². The summed E-state index contributed by atoms with van der Waals surface area (Å²) in [4.78, 5) is 37.8. The number of nitrogens with two attached hydrogens (primary N) is 1. The van der Waals surface area contributed by atoms with E-state index in [0.29, 0.717) is 68.0 Å². The average Bonchev–Trinajstić information content (AvgIpc) is 2.96. The lowest BCUT2D eigenvalue weighted by atomic mass is 9.45. The maximum atomic E-state index is 13.2. The molecule has 4 fully saturated rings. The Morgan fingerprint density at radius 2 is 1.93 bits per heavy atom. The summed E-state index contributed by atoms with van der Waals surface area (Å²) in [5.74, 6) is 1.84. The van der Waals surface area contributed by atoms with E-state index in [-0.39, 0.29) is 28.8 Å². The Balaban J connectivity index is 1.49. The molecule has 0 heterocycles. The van der Waals surface area contributed by atoms with Crippen molar-refractivity contribution in [3.8, 4) is 0 Å². The third-order valence-electron chi connectivity index (χ3n) is 9.00. The van der Waals surface area contributed by atoms with Crippen LogP contribution in [0.25, 0.3) is 0 Å². The van der Waals surface area contributed by atoms with Crippen LogP contribution in [0.3, 0.4) is 0 Å². The number of carbonyl (C=O) groups is 3. The van der Waals surface area contributed by atoms with Gasteiger partial charge in [-0.2, -0.15) is 0 Å². The molecule has 2 unspecified atom stereocenters. The van der Waals surface area contributed by atoms with Crippen molar-refractivity contribution >= 4 is 17.5 Å². The first-order valence-corrected chi connectivity index (χ1v) is 11.2. The number of rotatable bonds is 4. The highest BCUT2D eigenvalue weighted by molar-refractivity contribution is 5.88. The minimum Gasteiger partial charge on any atom is -0.462 e. The molecule has 0 aromatic rings. The van der Waals surface area contributed by atoms with Gasteiger partial charge < -0.3 is 10.5 Å². The highest BCUT2D eigenvalue weighted by Gasteiger charge is 2.62. The average molecular weight is 390 g/mol. The smallest absolute Gasteiger partial charge is 0.306 e. The van der Waals surface area contributed by atoms with Gasteiger partial charge in [0.1, 0.15) is 17.7 Å².